The highest BCUT2D eigenvalue weighted by Crippen LogP contribution is 2.19. The van der Waals surface area contributed by atoms with E-state index < -0.39 is 0 Å². The van der Waals surface area contributed by atoms with Crippen molar-refractivity contribution >= 4 is 23.2 Å². The SMILES string of the molecule is Cn1cnnc1CNC(=O)c1cc(Cl)ccc1NN. The summed E-state index contributed by atoms with van der Waals surface area (Å²) in [5.41, 5.74) is 3.33. The van der Waals surface area contributed by atoms with Gasteiger partial charge in [-0.25, -0.2) is 0 Å². The van der Waals surface area contributed by atoms with E-state index in [9.17, 15) is 4.79 Å². The van der Waals surface area contributed by atoms with Crippen molar-refractivity contribution in [3.8, 4) is 0 Å². The lowest BCUT2D eigenvalue weighted by atomic mass is 10.1. The number of rotatable bonds is 4. The summed E-state index contributed by atoms with van der Waals surface area (Å²) < 4.78 is 1.72. The monoisotopic (exact) mass is 280 g/mol. The first-order valence-corrected chi connectivity index (χ1v) is 5.87. The minimum Gasteiger partial charge on any atom is -0.345 e. The van der Waals surface area contributed by atoms with Crippen LogP contribution in [0.5, 0.6) is 0 Å². The molecule has 1 amide bonds. The summed E-state index contributed by atoms with van der Waals surface area (Å²) in [5.74, 6) is 5.71. The van der Waals surface area contributed by atoms with Crippen LogP contribution in [0.25, 0.3) is 0 Å². The molecule has 0 aliphatic rings. The van der Waals surface area contributed by atoms with Crippen LogP contribution in [0.1, 0.15) is 16.2 Å². The number of carbonyl (C=O) groups excluding carboxylic acids is 1. The summed E-state index contributed by atoms with van der Waals surface area (Å²) in [6.07, 6.45) is 1.56. The van der Waals surface area contributed by atoms with E-state index >= 15 is 0 Å². The number of halogens is 1. The van der Waals surface area contributed by atoms with E-state index in [1.807, 2.05) is 0 Å². The number of nitrogen functional groups attached to an aromatic ring is 1. The number of nitrogens with two attached hydrogens (primary N) is 1. The topological polar surface area (TPSA) is 97.9 Å². The largest absolute Gasteiger partial charge is 0.345 e. The average molecular weight is 281 g/mol. The zero-order chi connectivity index (χ0) is 13.8. The fourth-order valence-electron chi connectivity index (χ4n) is 1.55. The third-order valence-corrected chi connectivity index (χ3v) is 2.83. The third-order valence-electron chi connectivity index (χ3n) is 2.59. The van der Waals surface area contributed by atoms with Gasteiger partial charge in [-0.1, -0.05) is 11.6 Å². The Morgan fingerprint density at radius 3 is 2.95 bits per heavy atom. The predicted molar refractivity (Wildman–Crippen MR) is 71.4 cm³/mol. The Hall–Kier alpha value is -2.12. The Labute approximate surface area is 114 Å². The molecular formula is C11H13ClN6O. The maximum absolute atomic E-state index is 12.1. The van der Waals surface area contributed by atoms with Crippen LogP contribution in [0, 0.1) is 0 Å². The van der Waals surface area contributed by atoms with Crippen molar-refractivity contribution in [1.29, 1.82) is 0 Å². The fraction of sp³-hybridized carbons (Fsp3) is 0.182. The van der Waals surface area contributed by atoms with Crippen molar-refractivity contribution in [2.75, 3.05) is 5.43 Å². The van der Waals surface area contributed by atoms with Crippen molar-refractivity contribution in [1.82, 2.24) is 20.1 Å². The van der Waals surface area contributed by atoms with Gasteiger partial charge >= 0.3 is 0 Å². The summed E-state index contributed by atoms with van der Waals surface area (Å²) in [4.78, 5) is 12.1. The van der Waals surface area contributed by atoms with Gasteiger partial charge in [0.15, 0.2) is 5.82 Å². The first kappa shape index (κ1) is 13.3. The van der Waals surface area contributed by atoms with Gasteiger partial charge in [0.1, 0.15) is 6.33 Å². The molecule has 0 saturated carbocycles. The van der Waals surface area contributed by atoms with Crippen LogP contribution >= 0.6 is 11.6 Å². The molecule has 19 heavy (non-hydrogen) atoms. The zero-order valence-corrected chi connectivity index (χ0v) is 11.0. The number of benzene rings is 1. The minimum atomic E-state index is -0.293. The molecule has 100 valence electrons. The number of carbonyl (C=O) groups is 1. The quantitative estimate of drug-likeness (QED) is 0.565. The molecule has 4 N–H and O–H groups in total. The maximum atomic E-state index is 12.1. The highest BCUT2D eigenvalue weighted by atomic mass is 35.5. The van der Waals surface area contributed by atoms with Crippen LogP contribution in [0.15, 0.2) is 24.5 Å². The highest BCUT2D eigenvalue weighted by Gasteiger charge is 2.12. The lowest BCUT2D eigenvalue weighted by Crippen LogP contribution is -2.26. The molecule has 0 bridgehead atoms. The molecule has 1 aromatic carbocycles. The Kier molecular flexibility index (Phi) is 3.98. The molecule has 0 radical (unpaired) electrons. The van der Waals surface area contributed by atoms with E-state index in [1.54, 1.807) is 36.1 Å². The van der Waals surface area contributed by atoms with E-state index in [0.717, 1.165) is 0 Å². The number of hydrazine groups is 1. The first-order valence-electron chi connectivity index (χ1n) is 5.49. The van der Waals surface area contributed by atoms with Crippen LogP contribution in [-0.2, 0) is 13.6 Å². The van der Waals surface area contributed by atoms with Gasteiger partial charge in [0.05, 0.1) is 17.8 Å². The number of nitrogens with one attached hydrogen (secondary N) is 2. The smallest absolute Gasteiger partial charge is 0.253 e. The Bertz CT molecular complexity index is 597. The van der Waals surface area contributed by atoms with Gasteiger partial charge < -0.3 is 15.3 Å². The summed E-state index contributed by atoms with van der Waals surface area (Å²) in [7, 11) is 1.80. The molecule has 0 spiro atoms. The molecule has 0 unspecified atom stereocenters. The molecule has 7 nitrogen and oxygen atoms in total. The molecule has 0 saturated heterocycles. The average Bonchev–Trinajstić information content (AvgIpc) is 2.81. The minimum absolute atomic E-state index is 0.270. The van der Waals surface area contributed by atoms with Crippen molar-refractivity contribution in [3.05, 3.63) is 40.9 Å². The molecular weight excluding hydrogens is 268 g/mol. The van der Waals surface area contributed by atoms with E-state index in [2.05, 4.69) is 20.9 Å². The number of anilines is 1. The lowest BCUT2D eigenvalue weighted by molar-refractivity contribution is 0.0950. The first-order chi connectivity index (χ1) is 9.11. The van der Waals surface area contributed by atoms with Gasteiger partial charge in [-0.2, -0.15) is 0 Å². The fourth-order valence-corrected chi connectivity index (χ4v) is 1.72. The number of hydrogen-bond donors (Lipinski definition) is 3. The Morgan fingerprint density at radius 1 is 1.53 bits per heavy atom. The molecule has 0 aliphatic carbocycles. The molecule has 2 rings (SSSR count). The van der Waals surface area contributed by atoms with Crippen molar-refractivity contribution in [2.24, 2.45) is 12.9 Å². The highest BCUT2D eigenvalue weighted by molar-refractivity contribution is 6.31. The van der Waals surface area contributed by atoms with Gasteiger partial charge in [-0.05, 0) is 18.2 Å². The molecule has 0 fully saturated rings. The molecule has 1 heterocycles. The predicted octanol–water partition coefficient (Wildman–Crippen LogP) is 0.684. The molecule has 2 aromatic rings. The van der Waals surface area contributed by atoms with Crippen LogP contribution < -0.4 is 16.6 Å². The van der Waals surface area contributed by atoms with Gasteiger partial charge in [-0.15, -0.1) is 10.2 Å². The van der Waals surface area contributed by atoms with E-state index in [0.29, 0.717) is 22.1 Å². The molecule has 8 heteroatoms. The number of amides is 1. The van der Waals surface area contributed by atoms with Gasteiger partial charge in [0.2, 0.25) is 0 Å². The number of hydrogen-bond acceptors (Lipinski definition) is 5. The summed E-state index contributed by atoms with van der Waals surface area (Å²) in [5, 5.41) is 10.8. The summed E-state index contributed by atoms with van der Waals surface area (Å²) in [6.45, 7) is 0.270. The second-order valence-corrected chi connectivity index (χ2v) is 4.31. The number of nitrogens with zero attached hydrogens (tertiary/aromatic N) is 3. The Balaban J connectivity index is 2.12. The molecule has 1 aromatic heterocycles. The number of aromatic nitrogens is 3. The van der Waals surface area contributed by atoms with Crippen LogP contribution in [0.3, 0.4) is 0 Å². The van der Waals surface area contributed by atoms with E-state index in [-0.39, 0.29) is 12.5 Å². The normalized spacial score (nSPS) is 10.3. The second kappa shape index (κ2) is 5.68. The Morgan fingerprint density at radius 2 is 2.32 bits per heavy atom. The van der Waals surface area contributed by atoms with E-state index in [4.69, 9.17) is 17.4 Å². The third kappa shape index (κ3) is 3.01. The van der Waals surface area contributed by atoms with Crippen LogP contribution in [0.4, 0.5) is 5.69 Å². The van der Waals surface area contributed by atoms with Crippen molar-refractivity contribution in [3.63, 3.8) is 0 Å². The van der Waals surface area contributed by atoms with E-state index in [1.165, 1.54) is 0 Å². The summed E-state index contributed by atoms with van der Waals surface area (Å²) in [6, 6.07) is 4.83. The molecule has 0 aliphatic heterocycles. The molecule has 0 atom stereocenters. The van der Waals surface area contributed by atoms with Gasteiger partial charge in [0, 0.05) is 12.1 Å². The standard InChI is InChI=1S/C11H13ClN6O/c1-18-6-15-17-10(18)5-14-11(19)8-4-7(12)2-3-9(8)16-13/h2-4,6,16H,5,13H2,1H3,(H,14,19). The van der Waals surface area contributed by atoms with Crippen LogP contribution in [0.2, 0.25) is 5.02 Å². The maximum Gasteiger partial charge on any atom is 0.253 e. The van der Waals surface area contributed by atoms with Crippen molar-refractivity contribution in [2.45, 2.75) is 6.54 Å². The second-order valence-electron chi connectivity index (χ2n) is 3.87. The summed E-state index contributed by atoms with van der Waals surface area (Å²) >= 11 is 5.87. The van der Waals surface area contributed by atoms with Crippen LogP contribution in [-0.4, -0.2) is 20.7 Å². The number of aryl methyl sites for hydroxylation is 1. The lowest BCUT2D eigenvalue weighted by Gasteiger charge is -2.09. The zero-order valence-electron chi connectivity index (χ0n) is 10.2. The van der Waals surface area contributed by atoms with Crippen molar-refractivity contribution < 1.29 is 4.79 Å². The van der Waals surface area contributed by atoms with Gasteiger partial charge in [-0.3, -0.25) is 10.6 Å². The van der Waals surface area contributed by atoms with Gasteiger partial charge in [0.25, 0.3) is 5.91 Å².